The highest BCUT2D eigenvalue weighted by Crippen LogP contribution is 2.29. The molecule has 3 atom stereocenters. The Morgan fingerprint density at radius 2 is 2.10 bits per heavy atom. The lowest BCUT2D eigenvalue weighted by atomic mass is 9.91. The molecule has 2 aromatic rings. The van der Waals surface area contributed by atoms with Crippen molar-refractivity contribution in [1.29, 1.82) is 0 Å². The van der Waals surface area contributed by atoms with E-state index in [9.17, 15) is 9.59 Å². The number of ether oxygens (including phenoxy) is 2. The zero-order chi connectivity index (χ0) is 22.0. The Morgan fingerprint density at radius 3 is 2.84 bits per heavy atom. The van der Waals surface area contributed by atoms with Gasteiger partial charge in [0.05, 0.1) is 17.8 Å². The predicted molar refractivity (Wildman–Crippen MR) is 123 cm³/mol. The summed E-state index contributed by atoms with van der Waals surface area (Å²) >= 11 is 7.11. The number of hydrogen-bond acceptors (Lipinski definition) is 8. The van der Waals surface area contributed by atoms with E-state index in [1.165, 1.54) is 0 Å². The van der Waals surface area contributed by atoms with Crippen LogP contribution in [0.5, 0.6) is 0 Å². The summed E-state index contributed by atoms with van der Waals surface area (Å²) in [4.78, 5) is 28.8. The molecule has 2 saturated heterocycles. The molecule has 4 rings (SSSR count). The fourth-order valence-corrected chi connectivity index (χ4v) is 5.83. The van der Waals surface area contributed by atoms with Crippen LogP contribution in [0, 0.1) is 5.92 Å². The molecule has 2 aliphatic heterocycles. The molecule has 1 amide bonds. The van der Waals surface area contributed by atoms with Crippen LogP contribution in [0.15, 0.2) is 34.7 Å². The third kappa shape index (κ3) is 4.56. The van der Waals surface area contributed by atoms with Crippen LogP contribution >= 0.6 is 24.0 Å². The monoisotopic (exact) mass is 462 g/mol. The van der Waals surface area contributed by atoms with E-state index in [0.717, 1.165) is 22.5 Å². The summed E-state index contributed by atoms with van der Waals surface area (Å²) in [6.45, 7) is 0.385. The lowest BCUT2D eigenvalue weighted by molar-refractivity contribution is -0.157. The molecule has 31 heavy (non-hydrogen) atoms. The molecule has 7 nitrogen and oxygen atoms in total. The number of benzene rings is 1. The molecule has 0 bridgehead atoms. The quantitative estimate of drug-likeness (QED) is 0.473. The molecule has 1 unspecified atom stereocenters. The van der Waals surface area contributed by atoms with Crippen molar-refractivity contribution in [3.8, 4) is 0 Å². The zero-order valence-electron chi connectivity index (χ0n) is 17.5. The average Bonchev–Trinajstić information content (AvgIpc) is 3.50. The normalized spacial score (nSPS) is 23.9. The number of thioether (sulfide) groups is 1. The van der Waals surface area contributed by atoms with Gasteiger partial charge in [0.2, 0.25) is 5.91 Å². The number of amides is 1. The number of thiocarbonyl (C=S) groups is 1. The van der Waals surface area contributed by atoms with Crippen molar-refractivity contribution >= 4 is 51.5 Å². The lowest BCUT2D eigenvalue weighted by Crippen LogP contribution is -2.53. The van der Waals surface area contributed by atoms with Crippen molar-refractivity contribution in [3.63, 3.8) is 0 Å². The van der Waals surface area contributed by atoms with Crippen LogP contribution in [0.1, 0.15) is 12.2 Å². The van der Waals surface area contributed by atoms with Crippen molar-refractivity contribution in [2.75, 3.05) is 32.4 Å². The minimum absolute atomic E-state index is 0.0350. The second kappa shape index (κ2) is 9.79. The van der Waals surface area contributed by atoms with Crippen LogP contribution in [0.25, 0.3) is 11.0 Å². The highest BCUT2D eigenvalue weighted by atomic mass is 32.2. The lowest BCUT2D eigenvalue weighted by Gasteiger charge is -2.31. The van der Waals surface area contributed by atoms with Crippen molar-refractivity contribution in [1.82, 2.24) is 10.2 Å². The number of ketones is 1. The van der Waals surface area contributed by atoms with Gasteiger partial charge in [-0.25, -0.2) is 0 Å². The van der Waals surface area contributed by atoms with E-state index in [1.807, 2.05) is 30.3 Å². The van der Waals surface area contributed by atoms with Crippen LogP contribution in [-0.2, 0) is 25.5 Å². The van der Waals surface area contributed by atoms with Gasteiger partial charge >= 0.3 is 0 Å². The summed E-state index contributed by atoms with van der Waals surface area (Å²) in [7, 11) is 3.13. The summed E-state index contributed by atoms with van der Waals surface area (Å²) in [6, 6.07) is 8.86. The van der Waals surface area contributed by atoms with Crippen molar-refractivity contribution in [3.05, 3.63) is 36.1 Å². The molecule has 0 radical (unpaired) electrons. The number of nitrogens with one attached hydrogen (secondary N) is 1. The summed E-state index contributed by atoms with van der Waals surface area (Å²) < 4.78 is 16.6. The molecule has 2 aliphatic rings. The van der Waals surface area contributed by atoms with Gasteiger partial charge in [0, 0.05) is 49.6 Å². The molecule has 2 fully saturated rings. The Hall–Kier alpha value is -1.78. The molecule has 0 spiro atoms. The highest BCUT2D eigenvalue weighted by molar-refractivity contribution is 7.99. The fraction of sp³-hybridized carbons (Fsp3) is 0.500. The van der Waals surface area contributed by atoms with Gasteiger partial charge in [-0.3, -0.25) is 9.59 Å². The molecular weight excluding hydrogens is 436 g/mol. The molecular formula is C22H26N2O5S2. The number of aryl methyl sites for hydroxylation is 1. The topological polar surface area (TPSA) is 81.0 Å². The zero-order valence-corrected chi connectivity index (χ0v) is 19.2. The first-order valence-corrected chi connectivity index (χ1v) is 11.8. The number of carbonyl (C=O) groups is 2. The van der Waals surface area contributed by atoms with Gasteiger partial charge in [-0.1, -0.05) is 30.4 Å². The number of nitrogens with zero attached hydrogens (tertiary/aromatic N) is 1. The summed E-state index contributed by atoms with van der Waals surface area (Å²) in [5, 5.41) is 4.18. The first-order chi connectivity index (χ1) is 15.0. The number of hydrogen-bond donors (Lipinski definition) is 1. The summed E-state index contributed by atoms with van der Waals surface area (Å²) in [5.74, 6) is 1.25. The van der Waals surface area contributed by atoms with E-state index in [0.29, 0.717) is 23.7 Å². The Balaban J connectivity index is 1.44. The van der Waals surface area contributed by atoms with Crippen LogP contribution in [0.4, 0.5) is 0 Å². The molecule has 1 aromatic heterocycles. The van der Waals surface area contributed by atoms with Gasteiger partial charge in [0.15, 0.2) is 6.29 Å². The molecule has 0 saturated carbocycles. The largest absolute Gasteiger partial charge is 0.461 e. The van der Waals surface area contributed by atoms with Crippen molar-refractivity contribution in [2.45, 2.75) is 31.2 Å². The van der Waals surface area contributed by atoms with Gasteiger partial charge < -0.3 is 24.1 Å². The third-order valence-corrected chi connectivity index (χ3v) is 7.30. The smallest absolute Gasteiger partial charge is 0.241 e. The second-order valence-electron chi connectivity index (χ2n) is 7.73. The van der Waals surface area contributed by atoms with Gasteiger partial charge in [-0.05, 0) is 12.1 Å². The number of furan rings is 1. The second-order valence-corrected chi connectivity index (χ2v) is 9.26. The SMILES string of the molecule is COC(OC)[C@@H]1CSCN1C(=O)[C@H]1NCC(=S)C1C(=O)CCc1cc2ccccc2o1. The minimum Gasteiger partial charge on any atom is -0.461 e. The predicted octanol–water partition coefficient (Wildman–Crippen LogP) is 2.41. The third-order valence-electron chi connectivity index (χ3n) is 5.86. The minimum atomic E-state index is -0.647. The van der Waals surface area contributed by atoms with E-state index >= 15 is 0 Å². The molecule has 1 aromatic carbocycles. The molecule has 1 N–H and O–H groups in total. The van der Waals surface area contributed by atoms with Crippen LogP contribution in [-0.4, -0.2) is 72.2 Å². The number of carbonyl (C=O) groups excluding carboxylic acids is 2. The van der Waals surface area contributed by atoms with Crippen LogP contribution in [0.3, 0.4) is 0 Å². The van der Waals surface area contributed by atoms with Gasteiger partial charge in [0.25, 0.3) is 0 Å². The number of Topliss-reactive ketones (excluding diaryl/α,β-unsaturated/α-hetero) is 1. The Morgan fingerprint density at radius 1 is 1.32 bits per heavy atom. The fourth-order valence-electron chi connectivity index (χ4n) is 4.28. The first-order valence-electron chi connectivity index (χ1n) is 10.2. The maximum absolute atomic E-state index is 13.4. The highest BCUT2D eigenvalue weighted by Gasteiger charge is 2.46. The van der Waals surface area contributed by atoms with Gasteiger partial charge in [-0.15, -0.1) is 11.8 Å². The Bertz CT molecular complexity index is 941. The first kappa shape index (κ1) is 22.4. The van der Waals surface area contributed by atoms with Crippen LogP contribution < -0.4 is 5.32 Å². The van der Waals surface area contributed by atoms with E-state index in [4.69, 9.17) is 26.1 Å². The Kier molecular flexibility index (Phi) is 7.08. The number of para-hydroxylation sites is 1. The Labute approximate surface area is 190 Å². The maximum Gasteiger partial charge on any atom is 0.241 e. The van der Waals surface area contributed by atoms with E-state index in [2.05, 4.69) is 5.32 Å². The number of methoxy groups -OCH3 is 2. The van der Waals surface area contributed by atoms with E-state index in [-0.39, 0.29) is 24.2 Å². The van der Waals surface area contributed by atoms with Gasteiger partial charge in [-0.2, -0.15) is 0 Å². The van der Waals surface area contributed by atoms with E-state index in [1.54, 1.807) is 30.9 Å². The van der Waals surface area contributed by atoms with Crippen LogP contribution in [0.2, 0.25) is 0 Å². The van der Waals surface area contributed by atoms with Crippen molar-refractivity contribution in [2.24, 2.45) is 5.92 Å². The van der Waals surface area contributed by atoms with E-state index < -0.39 is 18.2 Å². The van der Waals surface area contributed by atoms with Gasteiger partial charge in [0.1, 0.15) is 23.2 Å². The number of fused-ring (bicyclic) bond motifs is 1. The standard InChI is InChI=1S/C22H26N2O5S2/c1-27-22(28-2)15-11-31-12-24(15)21(26)20-19(18(30)10-23-20)16(25)8-7-14-9-13-5-3-4-6-17(13)29-14/h3-6,9,15,19-20,22-23H,7-8,10-12H2,1-2H3/t15-,19?,20-/m0/s1. The average molecular weight is 463 g/mol. The molecule has 0 aliphatic carbocycles. The van der Waals surface area contributed by atoms with Crippen molar-refractivity contribution < 1.29 is 23.5 Å². The number of rotatable bonds is 8. The molecule has 3 heterocycles. The molecule has 9 heteroatoms. The summed E-state index contributed by atoms with van der Waals surface area (Å²) in [5.41, 5.74) is 0.805. The molecule has 166 valence electrons. The maximum atomic E-state index is 13.4. The summed E-state index contributed by atoms with van der Waals surface area (Å²) in [6.07, 6.45) is 0.243.